The van der Waals surface area contributed by atoms with Gasteiger partial charge in [-0.1, -0.05) is 26.0 Å². The quantitative estimate of drug-likeness (QED) is 0.586. The fraction of sp³-hybridized carbons (Fsp3) is 0.235. The highest BCUT2D eigenvalue weighted by atomic mass is 19.4. The van der Waals surface area contributed by atoms with Gasteiger partial charge in [-0.05, 0) is 47.9 Å². The van der Waals surface area contributed by atoms with Crippen LogP contribution in [-0.2, 0) is 6.18 Å². The van der Waals surface area contributed by atoms with E-state index < -0.39 is 17.7 Å². The molecule has 2 aromatic carbocycles. The molecule has 0 aliphatic heterocycles. The lowest BCUT2D eigenvalue weighted by Crippen LogP contribution is -2.10. The van der Waals surface area contributed by atoms with Crippen molar-refractivity contribution in [3.63, 3.8) is 0 Å². The maximum Gasteiger partial charge on any atom is 0.416 e. The minimum Gasteiger partial charge on any atom is -0.423 e. The summed E-state index contributed by atoms with van der Waals surface area (Å²) in [6.07, 6.45) is -4.42. The highest BCUT2D eigenvalue weighted by Crippen LogP contribution is 2.29. The zero-order valence-corrected chi connectivity index (χ0v) is 12.1. The van der Waals surface area contributed by atoms with Crippen LogP contribution in [0.15, 0.2) is 48.5 Å². The first-order valence-corrected chi connectivity index (χ1v) is 6.77. The summed E-state index contributed by atoms with van der Waals surface area (Å²) >= 11 is 0. The van der Waals surface area contributed by atoms with Crippen molar-refractivity contribution in [2.24, 2.45) is 0 Å². The SMILES string of the molecule is CC(C)c1ccc(OC(=O)c2ccc(C(F)(F)F)cc2)cc1. The number of carbonyl (C=O) groups is 1. The Bertz CT molecular complexity index is 641. The first-order valence-electron chi connectivity index (χ1n) is 6.77. The molecule has 0 radical (unpaired) electrons. The van der Waals surface area contributed by atoms with Crippen molar-refractivity contribution in [1.29, 1.82) is 0 Å². The molecular weight excluding hydrogens is 293 g/mol. The van der Waals surface area contributed by atoms with E-state index in [1.165, 1.54) is 0 Å². The number of esters is 1. The molecule has 0 fully saturated rings. The van der Waals surface area contributed by atoms with E-state index in [9.17, 15) is 18.0 Å². The fourth-order valence-electron chi connectivity index (χ4n) is 1.88. The van der Waals surface area contributed by atoms with Gasteiger partial charge < -0.3 is 4.74 Å². The minimum atomic E-state index is -4.42. The summed E-state index contributed by atoms with van der Waals surface area (Å²) in [6, 6.07) is 11.0. The normalized spacial score (nSPS) is 11.5. The summed E-state index contributed by atoms with van der Waals surface area (Å²) in [5.41, 5.74) is 0.376. The van der Waals surface area contributed by atoms with Gasteiger partial charge >= 0.3 is 12.1 Å². The lowest BCUT2D eigenvalue weighted by Gasteiger charge is -2.09. The van der Waals surface area contributed by atoms with E-state index in [0.29, 0.717) is 11.7 Å². The summed E-state index contributed by atoms with van der Waals surface area (Å²) in [7, 11) is 0. The Labute approximate surface area is 126 Å². The van der Waals surface area contributed by atoms with E-state index in [0.717, 1.165) is 29.8 Å². The summed E-state index contributed by atoms with van der Waals surface area (Å²) in [5.74, 6) is 0.0278. The lowest BCUT2D eigenvalue weighted by atomic mass is 10.0. The molecule has 0 bridgehead atoms. The van der Waals surface area contributed by atoms with Gasteiger partial charge in [0.1, 0.15) is 5.75 Å². The van der Waals surface area contributed by atoms with Gasteiger partial charge in [-0.15, -0.1) is 0 Å². The Morgan fingerprint density at radius 3 is 1.95 bits per heavy atom. The van der Waals surface area contributed by atoms with Crippen LogP contribution in [0.3, 0.4) is 0 Å². The van der Waals surface area contributed by atoms with E-state index >= 15 is 0 Å². The Morgan fingerprint density at radius 2 is 1.50 bits per heavy atom. The number of carbonyl (C=O) groups excluding carboxylic acids is 1. The number of rotatable bonds is 3. The maximum atomic E-state index is 12.5. The van der Waals surface area contributed by atoms with Gasteiger partial charge in [-0.3, -0.25) is 0 Å². The largest absolute Gasteiger partial charge is 0.423 e. The first kappa shape index (κ1) is 16.1. The van der Waals surface area contributed by atoms with Crippen LogP contribution in [0.25, 0.3) is 0 Å². The molecule has 2 nitrogen and oxygen atoms in total. The van der Waals surface area contributed by atoms with Crippen LogP contribution in [-0.4, -0.2) is 5.97 Å². The number of alkyl halides is 3. The third-order valence-electron chi connectivity index (χ3n) is 3.21. The fourth-order valence-corrected chi connectivity index (χ4v) is 1.88. The average molecular weight is 308 g/mol. The monoisotopic (exact) mass is 308 g/mol. The van der Waals surface area contributed by atoms with Crippen LogP contribution in [0.4, 0.5) is 13.2 Å². The van der Waals surface area contributed by atoms with Crippen molar-refractivity contribution in [3.8, 4) is 5.75 Å². The van der Waals surface area contributed by atoms with Crippen LogP contribution in [0.1, 0.15) is 41.3 Å². The van der Waals surface area contributed by atoms with Gasteiger partial charge in [0, 0.05) is 0 Å². The molecule has 0 saturated carbocycles. The van der Waals surface area contributed by atoms with E-state index in [1.54, 1.807) is 12.1 Å². The first-order chi connectivity index (χ1) is 10.3. The van der Waals surface area contributed by atoms with Gasteiger partial charge in [-0.2, -0.15) is 13.2 Å². The smallest absolute Gasteiger partial charge is 0.416 e. The summed E-state index contributed by atoms with van der Waals surface area (Å²) in [4.78, 5) is 11.9. The van der Waals surface area contributed by atoms with Gasteiger partial charge in [0.15, 0.2) is 0 Å². The second-order valence-corrected chi connectivity index (χ2v) is 5.19. The van der Waals surface area contributed by atoms with Crippen molar-refractivity contribution in [3.05, 3.63) is 65.2 Å². The van der Waals surface area contributed by atoms with Gasteiger partial charge in [0.2, 0.25) is 0 Å². The molecule has 0 saturated heterocycles. The standard InChI is InChI=1S/C17H15F3O2/c1-11(2)12-5-9-15(10-6-12)22-16(21)13-3-7-14(8-4-13)17(18,19)20/h3-11H,1-2H3. The van der Waals surface area contributed by atoms with Crippen LogP contribution in [0, 0.1) is 0 Å². The van der Waals surface area contributed by atoms with Crippen molar-refractivity contribution in [1.82, 2.24) is 0 Å². The predicted octanol–water partition coefficient (Wildman–Crippen LogP) is 5.05. The van der Waals surface area contributed by atoms with Crippen molar-refractivity contribution < 1.29 is 22.7 Å². The van der Waals surface area contributed by atoms with E-state index in [2.05, 4.69) is 0 Å². The molecule has 0 atom stereocenters. The van der Waals surface area contributed by atoms with Crippen molar-refractivity contribution in [2.75, 3.05) is 0 Å². The molecule has 0 heterocycles. The van der Waals surface area contributed by atoms with Crippen LogP contribution in [0.5, 0.6) is 5.75 Å². The lowest BCUT2D eigenvalue weighted by molar-refractivity contribution is -0.137. The molecule has 0 aromatic heterocycles. The molecule has 0 amide bonds. The third kappa shape index (κ3) is 3.87. The van der Waals surface area contributed by atoms with Crippen molar-refractivity contribution in [2.45, 2.75) is 25.9 Å². The minimum absolute atomic E-state index is 0.0703. The highest BCUT2D eigenvalue weighted by Gasteiger charge is 2.30. The van der Waals surface area contributed by atoms with Gasteiger partial charge in [0.25, 0.3) is 0 Å². The summed E-state index contributed by atoms with van der Waals surface area (Å²) < 4.78 is 42.5. The Balaban J connectivity index is 2.09. The third-order valence-corrected chi connectivity index (χ3v) is 3.21. The maximum absolute atomic E-state index is 12.5. The Morgan fingerprint density at radius 1 is 0.955 bits per heavy atom. The van der Waals surface area contributed by atoms with Crippen LogP contribution < -0.4 is 4.74 Å². The molecule has 0 aliphatic rings. The number of hydrogen-bond donors (Lipinski definition) is 0. The second-order valence-electron chi connectivity index (χ2n) is 5.19. The van der Waals surface area contributed by atoms with Crippen LogP contribution >= 0.6 is 0 Å². The zero-order chi connectivity index (χ0) is 16.3. The number of halogens is 3. The summed E-state index contributed by atoms with van der Waals surface area (Å²) in [5, 5.41) is 0. The predicted molar refractivity (Wildman–Crippen MR) is 76.9 cm³/mol. The topological polar surface area (TPSA) is 26.3 Å². The van der Waals surface area contributed by atoms with Crippen LogP contribution in [0.2, 0.25) is 0 Å². The van der Waals surface area contributed by atoms with Crippen molar-refractivity contribution >= 4 is 5.97 Å². The molecule has 5 heteroatoms. The second kappa shape index (κ2) is 6.22. The number of ether oxygens (including phenoxy) is 1. The van der Waals surface area contributed by atoms with E-state index in [-0.39, 0.29) is 5.56 Å². The highest BCUT2D eigenvalue weighted by molar-refractivity contribution is 5.91. The van der Waals surface area contributed by atoms with E-state index in [4.69, 9.17) is 4.74 Å². The molecule has 0 spiro atoms. The zero-order valence-electron chi connectivity index (χ0n) is 12.1. The number of hydrogen-bond acceptors (Lipinski definition) is 2. The van der Waals surface area contributed by atoms with Gasteiger partial charge in [-0.25, -0.2) is 4.79 Å². The molecule has 22 heavy (non-hydrogen) atoms. The molecule has 2 rings (SSSR count). The summed E-state index contributed by atoms with van der Waals surface area (Å²) in [6.45, 7) is 4.09. The molecular formula is C17H15F3O2. The van der Waals surface area contributed by atoms with Gasteiger partial charge in [0.05, 0.1) is 11.1 Å². The Kier molecular flexibility index (Phi) is 4.54. The molecule has 0 aliphatic carbocycles. The van der Waals surface area contributed by atoms with E-state index in [1.807, 2.05) is 26.0 Å². The molecule has 116 valence electrons. The molecule has 2 aromatic rings. The number of benzene rings is 2. The Hall–Kier alpha value is -2.30. The average Bonchev–Trinajstić information content (AvgIpc) is 2.47. The molecule has 0 unspecified atom stereocenters. The molecule has 0 N–H and O–H groups in total.